The van der Waals surface area contributed by atoms with Crippen molar-refractivity contribution in [2.75, 3.05) is 18.5 Å². The molecule has 0 aliphatic rings. The van der Waals surface area contributed by atoms with E-state index in [9.17, 15) is 4.79 Å². The SMILES string of the molecule is Cc1cc(NC(=O)NCCOc2c(C)cccc2C)ccc1Br. The zero-order chi connectivity index (χ0) is 16.8. The number of nitrogens with one attached hydrogen (secondary N) is 2. The van der Waals surface area contributed by atoms with Crippen LogP contribution < -0.4 is 15.4 Å². The first-order valence-corrected chi connectivity index (χ1v) is 8.26. The topological polar surface area (TPSA) is 50.4 Å². The minimum Gasteiger partial charge on any atom is -0.491 e. The van der Waals surface area contributed by atoms with Gasteiger partial charge in [-0.3, -0.25) is 0 Å². The molecule has 2 aromatic rings. The molecular weight excluding hydrogens is 356 g/mol. The summed E-state index contributed by atoms with van der Waals surface area (Å²) in [5, 5.41) is 5.59. The van der Waals surface area contributed by atoms with E-state index >= 15 is 0 Å². The number of rotatable bonds is 5. The molecule has 0 aliphatic carbocycles. The zero-order valence-electron chi connectivity index (χ0n) is 13.6. The number of hydrogen-bond donors (Lipinski definition) is 2. The molecule has 2 amide bonds. The number of carbonyl (C=O) groups is 1. The Hall–Kier alpha value is -2.01. The highest BCUT2D eigenvalue weighted by molar-refractivity contribution is 9.10. The van der Waals surface area contributed by atoms with Crippen LogP contribution in [0.15, 0.2) is 40.9 Å². The summed E-state index contributed by atoms with van der Waals surface area (Å²) in [5.41, 5.74) is 4.03. The molecule has 0 bridgehead atoms. The number of halogens is 1. The van der Waals surface area contributed by atoms with Gasteiger partial charge in [-0.25, -0.2) is 4.79 Å². The molecule has 5 heteroatoms. The summed E-state index contributed by atoms with van der Waals surface area (Å²) in [6.07, 6.45) is 0. The van der Waals surface area contributed by atoms with Gasteiger partial charge >= 0.3 is 6.03 Å². The van der Waals surface area contributed by atoms with Crippen LogP contribution in [0.25, 0.3) is 0 Å². The van der Waals surface area contributed by atoms with Gasteiger partial charge in [0.25, 0.3) is 0 Å². The van der Waals surface area contributed by atoms with E-state index in [0.29, 0.717) is 13.2 Å². The summed E-state index contributed by atoms with van der Waals surface area (Å²) in [6, 6.07) is 11.5. The minimum absolute atomic E-state index is 0.239. The lowest BCUT2D eigenvalue weighted by Crippen LogP contribution is -2.32. The Kier molecular flexibility index (Phi) is 6.04. The Morgan fingerprint density at radius 1 is 1.09 bits per heavy atom. The number of ether oxygens (including phenoxy) is 1. The number of anilines is 1. The molecule has 0 spiro atoms. The lowest BCUT2D eigenvalue weighted by atomic mass is 10.1. The van der Waals surface area contributed by atoms with Crippen molar-refractivity contribution < 1.29 is 9.53 Å². The van der Waals surface area contributed by atoms with Gasteiger partial charge in [0.05, 0.1) is 6.54 Å². The number of aryl methyl sites for hydroxylation is 3. The van der Waals surface area contributed by atoms with E-state index < -0.39 is 0 Å². The second-order valence-corrected chi connectivity index (χ2v) is 6.27. The van der Waals surface area contributed by atoms with E-state index in [1.807, 2.05) is 57.2 Å². The van der Waals surface area contributed by atoms with Gasteiger partial charge in [0.2, 0.25) is 0 Å². The van der Waals surface area contributed by atoms with Gasteiger partial charge in [0.15, 0.2) is 0 Å². The number of hydrogen-bond acceptors (Lipinski definition) is 2. The molecular formula is C18H21BrN2O2. The summed E-state index contributed by atoms with van der Waals surface area (Å²) in [4.78, 5) is 11.9. The maximum atomic E-state index is 11.9. The summed E-state index contributed by atoms with van der Waals surface area (Å²) in [5.74, 6) is 0.887. The highest BCUT2D eigenvalue weighted by atomic mass is 79.9. The van der Waals surface area contributed by atoms with E-state index in [2.05, 4.69) is 26.6 Å². The summed E-state index contributed by atoms with van der Waals surface area (Å²) in [6.45, 7) is 6.87. The average molecular weight is 377 g/mol. The second kappa shape index (κ2) is 8.02. The van der Waals surface area contributed by atoms with E-state index in [1.54, 1.807) is 0 Å². The molecule has 0 unspecified atom stereocenters. The largest absolute Gasteiger partial charge is 0.491 e. The first-order chi connectivity index (χ1) is 11.0. The van der Waals surface area contributed by atoms with Crippen LogP contribution in [0.1, 0.15) is 16.7 Å². The Labute approximate surface area is 145 Å². The number of benzene rings is 2. The molecule has 0 saturated carbocycles. The molecule has 2 rings (SSSR count). The lowest BCUT2D eigenvalue weighted by Gasteiger charge is -2.13. The first-order valence-electron chi connectivity index (χ1n) is 7.47. The highest BCUT2D eigenvalue weighted by Crippen LogP contribution is 2.22. The monoisotopic (exact) mass is 376 g/mol. The van der Waals surface area contributed by atoms with Crippen molar-refractivity contribution in [2.45, 2.75) is 20.8 Å². The van der Waals surface area contributed by atoms with Gasteiger partial charge < -0.3 is 15.4 Å². The number of amides is 2. The maximum absolute atomic E-state index is 11.9. The van der Waals surface area contributed by atoms with Crippen molar-refractivity contribution in [1.82, 2.24) is 5.32 Å². The number of para-hydroxylation sites is 1. The molecule has 0 atom stereocenters. The van der Waals surface area contributed by atoms with Crippen LogP contribution in [0, 0.1) is 20.8 Å². The lowest BCUT2D eigenvalue weighted by molar-refractivity contribution is 0.247. The minimum atomic E-state index is -0.239. The van der Waals surface area contributed by atoms with Crippen LogP contribution in [0.5, 0.6) is 5.75 Å². The third-order valence-corrected chi connectivity index (χ3v) is 4.35. The van der Waals surface area contributed by atoms with Crippen molar-refractivity contribution in [3.63, 3.8) is 0 Å². The van der Waals surface area contributed by atoms with E-state index in [4.69, 9.17) is 4.74 Å². The average Bonchev–Trinajstić information content (AvgIpc) is 2.50. The van der Waals surface area contributed by atoms with Crippen molar-refractivity contribution in [2.24, 2.45) is 0 Å². The molecule has 2 aromatic carbocycles. The van der Waals surface area contributed by atoms with Crippen LogP contribution in [-0.4, -0.2) is 19.2 Å². The first kappa shape index (κ1) is 17.3. The normalized spacial score (nSPS) is 10.3. The smallest absolute Gasteiger partial charge is 0.319 e. The summed E-state index contributed by atoms with van der Waals surface area (Å²) >= 11 is 3.44. The van der Waals surface area contributed by atoms with E-state index in [-0.39, 0.29) is 6.03 Å². The predicted molar refractivity (Wildman–Crippen MR) is 97.3 cm³/mol. The fourth-order valence-corrected chi connectivity index (χ4v) is 2.49. The quantitative estimate of drug-likeness (QED) is 0.750. The molecule has 0 saturated heterocycles. The molecule has 23 heavy (non-hydrogen) atoms. The van der Waals surface area contributed by atoms with Crippen LogP contribution in [0.4, 0.5) is 10.5 Å². The maximum Gasteiger partial charge on any atom is 0.319 e. The highest BCUT2D eigenvalue weighted by Gasteiger charge is 2.05. The van der Waals surface area contributed by atoms with Gasteiger partial charge in [-0.2, -0.15) is 0 Å². The molecule has 0 fully saturated rings. The van der Waals surface area contributed by atoms with Crippen molar-refractivity contribution in [1.29, 1.82) is 0 Å². The standard InChI is InChI=1S/C18H21BrN2O2/c1-12-5-4-6-13(2)17(12)23-10-9-20-18(22)21-15-7-8-16(19)14(3)11-15/h4-8,11H,9-10H2,1-3H3,(H2,20,21,22). The molecule has 4 nitrogen and oxygen atoms in total. The summed E-state index contributed by atoms with van der Waals surface area (Å²) < 4.78 is 6.77. The Morgan fingerprint density at radius 2 is 1.78 bits per heavy atom. The molecule has 0 radical (unpaired) electrons. The Balaban J connectivity index is 1.78. The molecule has 0 heterocycles. The predicted octanol–water partition coefficient (Wildman–Crippen LogP) is 4.57. The van der Waals surface area contributed by atoms with Crippen molar-refractivity contribution >= 4 is 27.6 Å². The van der Waals surface area contributed by atoms with Crippen LogP contribution in [0.3, 0.4) is 0 Å². The van der Waals surface area contributed by atoms with Gasteiger partial charge in [-0.05, 0) is 55.7 Å². The fourth-order valence-electron chi connectivity index (χ4n) is 2.24. The molecule has 122 valence electrons. The van der Waals surface area contributed by atoms with Crippen LogP contribution in [0.2, 0.25) is 0 Å². The van der Waals surface area contributed by atoms with Crippen molar-refractivity contribution in [3.05, 3.63) is 57.6 Å². The van der Waals surface area contributed by atoms with Crippen molar-refractivity contribution in [3.8, 4) is 5.75 Å². The zero-order valence-corrected chi connectivity index (χ0v) is 15.2. The molecule has 2 N–H and O–H groups in total. The Bertz CT molecular complexity index is 681. The van der Waals surface area contributed by atoms with Gasteiger partial charge in [-0.1, -0.05) is 34.1 Å². The third-order valence-electron chi connectivity index (χ3n) is 3.46. The second-order valence-electron chi connectivity index (χ2n) is 5.41. The third kappa shape index (κ3) is 4.99. The fraction of sp³-hybridized carbons (Fsp3) is 0.278. The number of carbonyl (C=O) groups excluding carboxylic acids is 1. The van der Waals surface area contributed by atoms with E-state index in [1.165, 1.54) is 0 Å². The van der Waals surface area contributed by atoms with Crippen LogP contribution >= 0.6 is 15.9 Å². The van der Waals surface area contributed by atoms with E-state index in [0.717, 1.165) is 32.6 Å². The molecule has 0 aliphatic heterocycles. The van der Waals surface area contributed by atoms with Gasteiger partial charge in [0.1, 0.15) is 12.4 Å². The Morgan fingerprint density at radius 3 is 2.43 bits per heavy atom. The van der Waals surface area contributed by atoms with Gasteiger partial charge in [-0.15, -0.1) is 0 Å². The van der Waals surface area contributed by atoms with Gasteiger partial charge in [0, 0.05) is 10.2 Å². The molecule has 0 aromatic heterocycles. The summed E-state index contributed by atoms with van der Waals surface area (Å²) in [7, 11) is 0. The van der Waals surface area contributed by atoms with Crippen LogP contribution in [-0.2, 0) is 0 Å². The number of urea groups is 1.